The highest BCUT2D eigenvalue weighted by atomic mass is 15.4. The second-order valence-electron chi connectivity index (χ2n) is 2.81. The number of fused-ring (bicyclic) bond motifs is 1. The van der Waals surface area contributed by atoms with Gasteiger partial charge in [-0.2, -0.15) is 5.10 Å². The Morgan fingerprint density at radius 2 is 2.50 bits per heavy atom. The molecule has 1 aliphatic rings. The standard InChI is InChI=1S/C8H10N4/c1-2-3-11-4-5-12-8(6-11)9-7-10-12/h1,7H,3-6H2. The molecule has 0 fully saturated rings. The van der Waals surface area contributed by atoms with Crippen LogP contribution in [0, 0.1) is 12.3 Å². The first-order valence-electron chi connectivity index (χ1n) is 3.92. The maximum absolute atomic E-state index is 5.22. The molecule has 0 saturated carbocycles. The van der Waals surface area contributed by atoms with E-state index in [4.69, 9.17) is 6.42 Å². The van der Waals surface area contributed by atoms with E-state index in [2.05, 4.69) is 20.9 Å². The van der Waals surface area contributed by atoms with Crippen molar-refractivity contribution in [3.05, 3.63) is 12.2 Å². The first-order valence-corrected chi connectivity index (χ1v) is 3.92. The Hall–Kier alpha value is -1.34. The van der Waals surface area contributed by atoms with E-state index in [1.165, 1.54) is 0 Å². The zero-order valence-electron chi connectivity index (χ0n) is 6.77. The lowest BCUT2D eigenvalue weighted by molar-refractivity contribution is 0.234. The van der Waals surface area contributed by atoms with Crippen LogP contribution in [0.4, 0.5) is 0 Å². The van der Waals surface area contributed by atoms with E-state index in [-0.39, 0.29) is 0 Å². The molecule has 4 heteroatoms. The molecule has 1 aromatic heterocycles. The van der Waals surface area contributed by atoms with Crippen molar-refractivity contribution in [3.63, 3.8) is 0 Å². The molecule has 2 rings (SSSR count). The van der Waals surface area contributed by atoms with Crippen molar-refractivity contribution in [1.82, 2.24) is 19.7 Å². The van der Waals surface area contributed by atoms with Gasteiger partial charge in [0.05, 0.1) is 19.6 Å². The Morgan fingerprint density at radius 1 is 1.58 bits per heavy atom. The third-order valence-corrected chi connectivity index (χ3v) is 2.00. The summed E-state index contributed by atoms with van der Waals surface area (Å²) in [5, 5.41) is 4.08. The summed E-state index contributed by atoms with van der Waals surface area (Å²) in [5.74, 6) is 3.64. The van der Waals surface area contributed by atoms with Crippen molar-refractivity contribution in [1.29, 1.82) is 0 Å². The highest BCUT2D eigenvalue weighted by Crippen LogP contribution is 2.06. The zero-order valence-corrected chi connectivity index (χ0v) is 6.77. The Balaban J connectivity index is 2.11. The van der Waals surface area contributed by atoms with Crippen LogP contribution in [0.3, 0.4) is 0 Å². The molecule has 0 unspecified atom stereocenters. The van der Waals surface area contributed by atoms with E-state index in [1.807, 2.05) is 4.68 Å². The second-order valence-corrected chi connectivity index (χ2v) is 2.81. The van der Waals surface area contributed by atoms with Gasteiger partial charge in [0.1, 0.15) is 12.2 Å². The molecule has 0 atom stereocenters. The van der Waals surface area contributed by atoms with Gasteiger partial charge in [0.25, 0.3) is 0 Å². The summed E-state index contributed by atoms with van der Waals surface area (Å²) in [6.45, 7) is 3.40. The molecule has 1 aliphatic heterocycles. The van der Waals surface area contributed by atoms with Crippen LogP contribution in [0.25, 0.3) is 0 Å². The lowest BCUT2D eigenvalue weighted by Crippen LogP contribution is -2.34. The van der Waals surface area contributed by atoms with E-state index in [1.54, 1.807) is 6.33 Å². The molecule has 0 bridgehead atoms. The monoisotopic (exact) mass is 162 g/mol. The summed E-state index contributed by atoms with van der Waals surface area (Å²) in [6.07, 6.45) is 6.81. The van der Waals surface area contributed by atoms with Crippen LogP contribution >= 0.6 is 0 Å². The fourth-order valence-corrected chi connectivity index (χ4v) is 1.38. The molecule has 12 heavy (non-hydrogen) atoms. The average molecular weight is 162 g/mol. The molecule has 62 valence electrons. The van der Waals surface area contributed by atoms with Gasteiger partial charge in [0.15, 0.2) is 0 Å². The minimum atomic E-state index is 0.701. The predicted octanol–water partition coefficient (Wildman–Crippen LogP) is -0.273. The third-order valence-electron chi connectivity index (χ3n) is 2.00. The molecule has 1 aromatic rings. The average Bonchev–Trinajstić information content (AvgIpc) is 2.51. The van der Waals surface area contributed by atoms with Crippen molar-refractivity contribution in [2.45, 2.75) is 13.1 Å². The molecule has 2 heterocycles. The summed E-state index contributed by atoms with van der Waals surface area (Å²) in [4.78, 5) is 6.32. The van der Waals surface area contributed by atoms with Gasteiger partial charge in [0.2, 0.25) is 0 Å². The van der Waals surface area contributed by atoms with E-state index in [9.17, 15) is 0 Å². The highest BCUT2D eigenvalue weighted by Gasteiger charge is 2.15. The minimum Gasteiger partial charge on any atom is -0.283 e. The summed E-state index contributed by atoms with van der Waals surface area (Å²) >= 11 is 0. The molecule has 0 amide bonds. The summed E-state index contributed by atoms with van der Waals surface area (Å²) in [5.41, 5.74) is 0. The molecule has 0 aromatic carbocycles. The fraction of sp³-hybridized carbons (Fsp3) is 0.500. The van der Waals surface area contributed by atoms with E-state index < -0.39 is 0 Å². The summed E-state index contributed by atoms with van der Waals surface area (Å²) < 4.78 is 1.92. The molecule has 0 aliphatic carbocycles. The maximum atomic E-state index is 5.22. The van der Waals surface area contributed by atoms with Gasteiger partial charge in [-0.05, 0) is 0 Å². The Kier molecular flexibility index (Phi) is 1.80. The Labute approximate surface area is 71.2 Å². The quantitative estimate of drug-likeness (QED) is 0.533. The molecular formula is C8H10N4. The second kappa shape index (κ2) is 2.95. The smallest absolute Gasteiger partial charge is 0.141 e. The number of nitrogens with zero attached hydrogens (tertiary/aromatic N) is 4. The van der Waals surface area contributed by atoms with E-state index >= 15 is 0 Å². The van der Waals surface area contributed by atoms with Crippen LogP contribution in [0.5, 0.6) is 0 Å². The summed E-state index contributed by atoms with van der Waals surface area (Å²) in [6, 6.07) is 0. The third kappa shape index (κ3) is 1.19. The molecule has 0 N–H and O–H groups in total. The lowest BCUT2D eigenvalue weighted by Gasteiger charge is -2.24. The van der Waals surface area contributed by atoms with Crippen molar-refractivity contribution in [3.8, 4) is 12.3 Å². The molecule has 0 radical (unpaired) electrons. The van der Waals surface area contributed by atoms with Crippen LogP contribution in [0.1, 0.15) is 5.82 Å². The number of hydrogen-bond donors (Lipinski definition) is 0. The van der Waals surface area contributed by atoms with Gasteiger partial charge in [-0.1, -0.05) is 5.92 Å². The minimum absolute atomic E-state index is 0.701. The van der Waals surface area contributed by atoms with E-state index in [0.717, 1.165) is 25.5 Å². The van der Waals surface area contributed by atoms with Gasteiger partial charge in [-0.15, -0.1) is 6.42 Å². The van der Waals surface area contributed by atoms with Crippen molar-refractivity contribution in [2.75, 3.05) is 13.1 Å². The molecular weight excluding hydrogens is 152 g/mol. The lowest BCUT2D eigenvalue weighted by atomic mass is 10.3. The molecule has 0 spiro atoms. The maximum Gasteiger partial charge on any atom is 0.141 e. The van der Waals surface area contributed by atoms with Crippen LogP contribution in [-0.4, -0.2) is 32.8 Å². The number of hydrogen-bond acceptors (Lipinski definition) is 3. The van der Waals surface area contributed by atoms with Crippen LogP contribution in [0.15, 0.2) is 6.33 Å². The fourth-order valence-electron chi connectivity index (χ4n) is 1.38. The Bertz CT molecular complexity index is 309. The number of rotatable bonds is 1. The van der Waals surface area contributed by atoms with Crippen molar-refractivity contribution < 1.29 is 0 Å². The van der Waals surface area contributed by atoms with Gasteiger partial charge in [-0.3, -0.25) is 4.90 Å². The van der Waals surface area contributed by atoms with Crippen molar-refractivity contribution in [2.24, 2.45) is 0 Å². The van der Waals surface area contributed by atoms with Gasteiger partial charge in [0, 0.05) is 6.54 Å². The predicted molar refractivity (Wildman–Crippen MR) is 44.1 cm³/mol. The van der Waals surface area contributed by atoms with Crippen LogP contribution in [-0.2, 0) is 13.1 Å². The van der Waals surface area contributed by atoms with Gasteiger partial charge in [-0.25, -0.2) is 9.67 Å². The normalized spacial score (nSPS) is 16.9. The highest BCUT2D eigenvalue weighted by molar-refractivity contribution is 4.94. The molecule has 4 nitrogen and oxygen atoms in total. The largest absolute Gasteiger partial charge is 0.283 e. The topological polar surface area (TPSA) is 34.0 Å². The Morgan fingerprint density at radius 3 is 3.33 bits per heavy atom. The van der Waals surface area contributed by atoms with Crippen molar-refractivity contribution >= 4 is 0 Å². The van der Waals surface area contributed by atoms with Gasteiger partial charge < -0.3 is 0 Å². The van der Waals surface area contributed by atoms with Crippen LogP contribution < -0.4 is 0 Å². The van der Waals surface area contributed by atoms with E-state index in [0.29, 0.717) is 6.54 Å². The number of terminal acetylenes is 1. The molecule has 0 saturated heterocycles. The number of aromatic nitrogens is 3. The SMILES string of the molecule is C#CCN1CCn2ncnc2C1. The van der Waals surface area contributed by atoms with Gasteiger partial charge >= 0.3 is 0 Å². The first kappa shape index (κ1) is 7.32. The zero-order chi connectivity index (χ0) is 8.39. The first-order chi connectivity index (χ1) is 5.90. The van der Waals surface area contributed by atoms with Crippen LogP contribution in [0.2, 0.25) is 0 Å². The summed E-state index contributed by atoms with van der Waals surface area (Å²) in [7, 11) is 0.